The highest BCUT2D eigenvalue weighted by molar-refractivity contribution is 6.01. The van der Waals surface area contributed by atoms with Gasteiger partial charge in [-0.2, -0.15) is 5.10 Å². The van der Waals surface area contributed by atoms with Crippen molar-refractivity contribution in [1.29, 1.82) is 0 Å². The molecule has 8 nitrogen and oxygen atoms in total. The summed E-state index contributed by atoms with van der Waals surface area (Å²) in [6.07, 6.45) is 3.58. The van der Waals surface area contributed by atoms with Crippen molar-refractivity contribution in [2.24, 2.45) is 5.10 Å². The summed E-state index contributed by atoms with van der Waals surface area (Å²) in [6.45, 7) is 4.20. The highest BCUT2D eigenvalue weighted by Gasteiger charge is 2.15. The molecule has 2 heterocycles. The second-order valence-electron chi connectivity index (χ2n) is 6.89. The number of furan rings is 1. The van der Waals surface area contributed by atoms with Gasteiger partial charge in [0.2, 0.25) is 0 Å². The summed E-state index contributed by atoms with van der Waals surface area (Å²) >= 11 is 0. The lowest BCUT2D eigenvalue weighted by Gasteiger charge is -2.08. The molecule has 2 aromatic heterocycles. The standard InChI is InChI=1S/C21H18N4O4/c1-13(2)24-12-15(17-5-3-4-6-18(17)24)11-22-23-21(26)20-10-14-9-16(25(27)28)7-8-19(14)29-20/h3-13H,1-2H3,(H,23,26)/b22-11-. The molecule has 8 heteroatoms. The van der Waals surface area contributed by atoms with Crippen molar-refractivity contribution in [3.8, 4) is 0 Å². The molecule has 0 saturated carbocycles. The van der Waals surface area contributed by atoms with Crippen LogP contribution in [0.4, 0.5) is 5.69 Å². The number of para-hydroxylation sites is 1. The highest BCUT2D eigenvalue weighted by atomic mass is 16.6. The average Bonchev–Trinajstić information content (AvgIpc) is 3.29. The molecular formula is C21H18N4O4. The zero-order valence-electron chi connectivity index (χ0n) is 15.8. The van der Waals surface area contributed by atoms with Crippen molar-refractivity contribution >= 4 is 39.7 Å². The third-order valence-electron chi connectivity index (χ3n) is 4.63. The molecule has 0 saturated heterocycles. The Bertz CT molecular complexity index is 1270. The van der Waals surface area contributed by atoms with Crippen LogP contribution in [0, 0.1) is 10.1 Å². The number of carbonyl (C=O) groups is 1. The summed E-state index contributed by atoms with van der Waals surface area (Å²) in [5, 5.41) is 16.4. The molecule has 0 spiro atoms. The number of benzene rings is 2. The minimum atomic E-state index is -0.535. The van der Waals surface area contributed by atoms with Gasteiger partial charge in [-0.05, 0) is 32.0 Å². The first kappa shape index (κ1) is 18.4. The van der Waals surface area contributed by atoms with E-state index in [0.29, 0.717) is 11.0 Å². The van der Waals surface area contributed by atoms with Crippen LogP contribution in [0.25, 0.3) is 21.9 Å². The first-order chi connectivity index (χ1) is 13.9. The smallest absolute Gasteiger partial charge is 0.307 e. The summed E-state index contributed by atoms with van der Waals surface area (Å²) in [5.74, 6) is -0.505. The Balaban J connectivity index is 1.55. The van der Waals surface area contributed by atoms with Crippen LogP contribution >= 0.6 is 0 Å². The van der Waals surface area contributed by atoms with Gasteiger partial charge in [-0.15, -0.1) is 0 Å². The third kappa shape index (κ3) is 3.47. The Morgan fingerprint density at radius 2 is 2.03 bits per heavy atom. The monoisotopic (exact) mass is 390 g/mol. The van der Waals surface area contributed by atoms with E-state index < -0.39 is 10.8 Å². The van der Waals surface area contributed by atoms with E-state index in [1.807, 2.05) is 30.5 Å². The summed E-state index contributed by atoms with van der Waals surface area (Å²) < 4.78 is 7.60. The summed E-state index contributed by atoms with van der Waals surface area (Å²) in [6, 6.07) is 13.9. The van der Waals surface area contributed by atoms with Crippen molar-refractivity contribution < 1.29 is 14.1 Å². The molecule has 1 amide bonds. The summed E-state index contributed by atoms with van der Waals surface area (Å²) in [7, 11) is 0. The van der Waals surface area contributed by atoms with Crippen molar-refractivity contribution in [1.82, 2.24) is 9.99 Å². The van der Waals surface area contributed by atoms with Gasteiger partial charge in [0.1, 0.15) is 5.58 Å². The minimum absolute atomic E-state index is 0.0299. The first-order valence-corrected chi connectivity index (χ1v) is 9.05. The van der Waals surface area contributed by atoms with Crippen LogP contribution < -0.4 is 5.43 Å². The molecule has 29 heavy (non-hydrogen) atoms. The van der Waals surface area contributed by atoms with Gasteiger partial charge in [0.25, 0.3) is 5.69 Å². The second-order valence-corrected chi connectivity index (χ2v) is 6.89. The molecule has 0 fully saturated rings. The molecular weight excluding hydrogens is 372 g/mol. The fourth-order valence-corrected chi connectivity index (χ4v) is 3.23. The number of nitrogens with one attached hydrogen (secondary N) is 1. The van der Waals surface area contributed by atoms with E-state index in [-0.39, 0.29) is 17.5 Å². The molecule has 0 unspecified atom stereocenters. The van der Waals surface area contributed by atoms with Crippen molar-refractivity contribution in [3.05, 3.63) is 76.2 Å². The number of rotatable bonds is 5. The number of nitrogens with zero attached hydrogens (tertiary/aromatic N) is 3. The van der Waals surface area contributed by atoms with Gasteiger partial charge < -0.3 is 8.98 Å². The number of non-ortho nitro benzene ring substituents is 1. The zero-order valence-corrected chi connectivity index (χ0v) is 15.8. The van der Waals surface area contributed by atoms with Crippen LogP contribution in [0.2, 0.25) is 0 Å². The van der Waals surface area contributed by atoms with Gasteiger partial charge in [0.05, 0.1) is 11.1 Å². The molecule has 0 bridgehead atoms. The number of nitro benzene ring substituents is 1. The van der Waals surface area contributed by atoms with Gasteiger partial charge in [-0.25, -0.2) is 5.43 Å². The molecule has 2 aromatic carbocycles. The predicted molar refractivity (Wildman–Crippen MR) is 110 cm³/mol. The number of hydrogen-bond acceptors (Lipinski definition) is 5. The number of nitro groups is 1. The van der Waals surface area contributed by atoms with Crippen molar-refractivity contribution in [2.45, 2.75) is 19.9 Å². The lowest BCUT2D eigenvalue weighted by atomic mass is 10.2. The van der Waals surface area contributed by atoms with Crippen molar-refractivity contribution in [2.75, 3.05) is 0 Å². The van der Waals surface area contributed by atoms with E-state index in [2.05, 4.69) is 28.9 Å². The fraction of sp³-hybridized carbons (Fsp3) is 0.143. The van der Waals surface area contributed by atoms with Crippen LogP contribution in [0.5, 0.6) is 0 Å². The molecule has 4 aromatic rings. The van der Waals surface area contributed by atoms with Crippen LogP contribution in [0.3, 0.4) is 0 Å². The Labute approximate surface area is 165 Å². The molecule has 0 aliphatic heterocycles. The molecule has 146 valence electrons. The highest BCUT2D eigenvalue weighted by Crippen LogP contribution is 2.25. The van der Waals surface area contributed by atoms with Crippen LogP contribution in [-0.4, -0.2) is 21.6 Å². The minimum Gasteiger partial charge on any atom is -0.451 e. The van der Waals surface area contributed by atoms with Gasteiger partial charge in [-0.3, -0.25) is 14.9 Å². The Hall–Kier alpha value is -3.94. The molecule has 0 atom stereocenters. The van der Waals surface area contributed by atoms with Gasteiger partial charge in [0.15, 0.2) is 5.76 Å². The summed E-state index contributed by atoms with van der Waals surface area (Å²) in [4.78, 5) is 22.7. The molecule has 0 aliphatic rings. The number of hydrogen-bond donors (Lipinski definition) is 1. The number of amides is 1. The van der Waals surface area contributed by atoms with Crippen molar-refractivity contribution in [3.63, 3.8) is 0 Å². The second kappa shape index (κ2) is 7.23. The van der Waals surface area contributed by atoms with E-state index in [4.69, 9.17) is 4.42 Å². The molecule has 0 aliphatic carbocycles. The SMILES string of the molecule is CC(C)n1cc(/C=N\NC(=O)c2cc3cc([N+](=O)[O-])ccc3o2)c2ccccc21. The van der Waals surface area contributed by atoms with Crippen LogP contribution in [0.1, 0.15) is 36.0 Å². The topological polar surface area (TPSA) is 103 Å². The van der Waals surface area contributed by atoms with E-state index in [1.165, 1.54) is 24.3 Å². The number of hydrazone groups is 1. The molecule has 4 rings (SSSR count). The number of aromatic nitrogens is 1. The Morgan fingerprint density at radius 1 is 1.24 bits per heavy atom. The lowest BCUT2D eigenvalue weighted by molar-refractivity contribution is -0.384. The van der Waals surface area contributed by atoms with Gasteiger partial charge in [0, 0.05) is 46.2 Å². The normalized spacial score (nSPS) is 11.7. The zero-order chi connectivity index (χ0) is 20.5. The van der Waals surface area contributed by atoms with E-state index >= 15 is 0 Å². The summed E-state index contributed by atoms with van der Waals surface area (Å²) in [5.41, 5.74) is 4.75. The van der Waals surface area contributed by atoms with E-state index in [1.54, 1.807) is 6.21 Å². The quantitative estimate of drug-likeness (QED) is 0.304. The maximum absolute atomic E-state index is 12.3. The van der Waals surface area contributed by atoms with Gasteiger partial charge in [-0.1, -0.05) is 18.2 Å². The average molecular weight is 390 g/mol. The molecule has 1 N–H and O–H groups in total. The first-order valence-electron chi connectivity index (χ1n) is 9.05. The number of carbonyl (C=O) groups excluding carboxylic acids is 1. The predicted octanol–water partition coefficient (Wildman–Crippen LogP) is 4.64. The van der Waals surface area contributed by atoms with Crippen LogP contribution in [-0.2, 0) is 0 Å². The third-order valence-corrected chi connectivity index (χ3v) is 4.63. The maximum atomic E-state index is 12.3. The Kier molecular flexibility index (Phi) is 4.59. The fourth-order valence-electron chi connectivity index (χ4n) is 3.23. The molecule has 0 radical (unpaired) electrons. The van der Waals surface area contributed by atoms with Gasteiger partial charge >= 0.3 is 5.91 Å². The number of fused-ring (bicyclic) bond motifs is 2. The van der Waals surface area contributed by atoms with Crippen LogP contribution in [0.15, 0.2) is 64.2 Å². The van der Waals surface area contributed by atoms with E-state index in [9.17, 15) is 14.9 Å². The largest absolute Gasteiger partial charge is 0.451 e. The van der Waals surface area contributed by atoms with E-state index in [0.717, 1.165) is 16.5 Å². The Morgan fingerprint density at radius 3 is 2.79 bits per heavy atom. The lowest BCUT2D eigenvalue weighted by Crippen LogP contribution is -2.16. The maximum Gasteiger partial charge on any atom is 0.307 e.